The summed E-state index contributed by atoms with van der Waals surface area (Å²) in [6.07, 6.45) is 2.68. The number of benzene rings is 1. The number of rotatable bonds is 3. The van der Waals surface area contributed by atoms with Crippen LogP contribution in [-0.2, 0) is 28.7 Å². The molecule has 1 atom stereocenters. The van der Waals surface area contributed by atoms with Crippen molar-refractivity contribution in [3.05, 3.63) is 68.6 Å². The quantitative estimate of drug-likeness (QED) is 0.874. The molecule has 2 aromatic rings. The highest BCUT2D eigenvalue weighted by atomic mass is 35.5. The number of aromatic nitrogens is 1. The highest BCUT2D eigenvalue weighted by Crippen LogP contribution is 2.50. The van der Waals surface area contributed by atoms with Gasteiger partial charge in [-0.05, 0) is 41.7 Å². The van der Waals surface area contributed by atoms with E-state index in [0.29, 0.717) is 5.02 Å². The molecule has 1 amide bonds. The molecule has 1 aromatic carbocycles. The number of ether oxygens (including phenoxy) is 1. The van der Waals surface area contributed by atoms with E-state index in [-0.39, 0.29) is 5.56 Å². The van der Waals surface area contributed by atoms with E-state index < -0.39 is 17.6 Å². The Morgan fingerprint density at radius 1 is 1.30 bits per heavy atom. The number of piperidine rings is 1. The zero-order valence-electron chi connectivity index (χ0n) is 15.2. The van der Waals surface area contributed by atoms with Crippen LogP contribution in [0.5, 0.6) is 0 Å². The van der Waals surface area contributed by atoms with E-state index in [1.807, 2.05) is 24.4 Å². The minimum Gasteiger partial charge on any atom is -0.367 e. The molecular formula is C20H22ClN3O3. The lowest BCUT2D eigenvalue weighted by atomic mass is 9.83. The number of pyridine rings is 1. The second kappa shape index (κ2) is 6.78. The Bertz CT molecular complexity index is 948. The maximum absolute atomic E-state index is 11.9. The Morgan fingerprint density at radius 2 is 2.04 bits per heavy atom. The van der Waals surface area contributed by atoms with E-state index in [9.17, 15) is 9.59 Å². The fourth-order valence-corrected chi connectivity index (χ4v) is 4.35. The zero-order chi connectivity index (χ0) is 19.2. The molecule has 0 bridgehead atoms. The molecule has 0 radical (unpaired) electrons. The second-order valence-electron chi connectivity index (χ2n) is 7.39. The van der Waals surface area contributed by atoms with Crippen molar-refractivity contribution >= 4 is 17.5 Å². The molecule has 4 rings (SSSR count). The molecule has 0 aliphatic carbocycles. The van der Waals surface area contributed by atoms with E-state index >= 15 is 0 Å². The standard InChI is InChI=1S/C20H22ClN3O3/c1-23-11-13(2-5-17(23)25)12-24-8-6-20(7-9-24)16-10-14(21)3-4-15(16)18(27-20)19(22)26/h2-5,10-11,18H,6-9,12H2,1H3,(H2,22,26)/t18-/m1/s1. The topological polar surface area (TPSA) is 77.6 Å². The number of likely N-dealkylation sites (tertiary alicyclic amines) is 1. The molecule has 0 unspecified atom stereocenters. The number of carbonyl (C=O) groups is 1. The van der Waals surface area contributed by atoms with Gasteiger partial charge >= 0.3 is 0 Å². The summed E-state index contributed by atoms with van der Waals surface area (Å²) in [6.45, 7) is 2.41. The molecule has 1 aromatic heterocycles. The lowest BCUT2D eigenvalue weighted by Crippen LogP contribution is -2.42. The summed E-state index contributed by atoms with van der Waals surface area (Å²) in [5.41, 5.74) is 7.95. The first-order valence-corrected chi connectivity index (χ1v) is 9.41. The predicted molar refractivity (Wildman–Crippen MR) is 102 cm³/mol. The summed E-state index contributed by atoms with van der Waals surface area (Å²) < 4.78 is 7.80. The number of nitrogens with zero attached hydrogens (tertiary/aromatic N) is 2. The van der Waals surface area contributed by atoms with Crippen LogP contribution in [0, 0.1) is 0 Å². The van der Waals surface area contributed by atoms with Crippen LogP contribution in [-0.4, -0.2) is 28.5 Å². The lowest BCUT2D eigenvalue weighted by molar-refractivity contribution is -0.148. The molecule has 0 saturated carbocycles. The summed E-state index contributed by atoms with van der Waals surface area (Å²) in [4.78, 5) is 25.7. The van der Waals surface area contributed by atoms with Crippen molar-refractivity contribution in [2.75, 3.05) is 13.1 Å². The van der Waals surface area contributed by atoms with Crippen LogP contribution in [0.1, 0.15) is 35.6 Å². The van der Waals surface area contributed by atoms with Gasteiger partial charge in [0.25, 0.3) is 5.91 Å². The molecule has 7 heteroatoms. The summed E-state index contributed by atoms with van der Waals surface area (Å²) in [5.74, 6) is -0.469. The lowest BCUT2D eigenvalue weighted by Gasteiger charge is -2.39. The van der Waals surface area contributed by atoms with Crippen LogP contribution in [0.2, 0.25) is 5.02 Å². The largest absolute Gasteiger partial charge is 0.367 e. The molecule has 2 aliphatic rings. The average Bonchev–Trinajstić information content (AvgIpc) is 2.94. The smallest absolute Gasteiger partial charge is 0.251 e. The molecular weight excluding hydrogens is 366 g/mol. The zero-order valence-corrected chi connectivity index (χ0v) is 15.9. The van der Waals surface area contributed by atoms with Crippen molar-refractivity contribution in [1.29, 1.82) is 0 Å². The maximum atomic E-state index is 11.9. The highest BCUT2D eigenvalue weighted by molar-refractivity contribution is 6.30. The fraction of sp³-hybridized carbons (Fsp3) is 0.400. The van der Waals surface area contributed by atoms with Crippen LogP contribution in [0.15, 0.2) is 41.3 Å². The summed E-state index contributed by atoms with van der Waals surface area (Å²) in [5, 5.41) is 0.634. The number of primary amides is 1. The number of hydrogen-bond donors (Lipinski definition) is 1. The maximum Gasteiger partial charge on any atom is 0.251 e. The van der Waals surface area contributed by atoms with Gasteiger partial charge in [0.05, 0.1) is 5.60 Å². The molecule has 3 heterocycles. The third kappa shape index (κ3) is 3.29. The van der Waals surface area contributed by atoms with Crippen LogP contribution in [0.25, 0.3) is 0 Å². The van der Waals surface area contributed by atoms with Crippen LogP contribution in [0.3, 0.4) is 0 Å². The number of fused-ring (bicyclic) bond motifs is 2. The van der Waals surface area contributed by atoms with Gasteiger partial charge in [0, 0.05) is 44.0 Å². The number of halogens is 1. The molecule has 2 N–H and O–H groups in total. The third-order valence-corrected chi connectivity index (χ3v) is 5.84. The van der Waals surface area contributed by atoms with Crippen molar-refractivity contribution in [3.63, 3.8) is 0 Å². The first-order chi connectivity index (χ1) is 12.9. The molecule has 6 nitrogen and oxygen atoms in total. The summed E-state index contributed by atoms with van der Waals surface area (Å²) >= 11 is 6.21. The number of hydrogen-bond acceptors (Lipinski definition) is 4. The van der Waals surface area contributed by atoms with Gasteiger partial charge in [-0.3, -0.25) is 14.5 Å². The Kier molecular flexibility index (Phi) is 4.58. The third-order valence-electron chi connectivity index (χ3n) is 5.61. The Labute approximate surface area is 162 Å². The number of aryl methyl sites for hydroxylation is 1. The van der Waals surface area contributed by atoms with E-state index in [4.69, 9.17) is 22.1 Å². The Hall–Kier alpha value is -2.15. The van der Waals surface area contributed by atoms with Gasteiger partial charge in [-0.1, -0.05) is 23.7 Å². The fourth-order valence-electron chi connectivity index (χ4n) is 4.18. The number of nitrogens with two attached hydrogens (primary N) is 1. The summed E-state index contributed by atoms with van der Waals surface area (Å²) in [6, 6.07) is 8.99. The van der Waals surface area contributed by atoms with Gasteiger partial charge in [0.15, 0.2) is 6.10 Å². The van der Waals surface area contributed by atoms with Crippen molar-refractivity contribution in [2.45, 2.75) is 31.1 Å². The molecule has 142 valence electrons. The Morgan fingerprint density at radius 3 is 2.70 bits per heavy atom. The number of amides is 1. The van der Waals surface area contributed by atoms with Crippen LogP contribution < -0.4 is 11.3 Å². The summed E-state index contributed by atoms with van der Waals surface area (Å²) in [7, 11) is 1.76. The molecule has 1 saturated heterocycles. The van der Waals surface area contributed by atoms with E-state index in [2.05, 4.69) is 4.90 Å². The van der Waals surface area contributed by atoms with Crippen LogP contribution >= 0.6 is 11.6 Å². The monoisotopic (exact) mass is 387 g/mol. The van der Waals surface area contributed by atoms with Crippen molar-refractivity contribution in [3.8, 4) is 0 Å². The van der Waals surface area contributed by atoms with E-state index in [1.165, 1.54) is 0 Å². The van der Waals surface area contributed by atoms with Crippen molar-refractivity contribution in [2.24, 2.45) is 12.8 Å². The van der Waals surface area contributed by atoms with Crippen molar-refractivity contribution < 1.29 is 9.53 Å². The van der Waals surface area contributed by atoms with Gasteiger partial charge in [0.1, 0.15) is 0 Å². The van der Waals surface area contributed by atoms with Crippen LogP contribution in [0.4, 0.5) is 0 Å². The van der Waals surface area contributed by atoms with Crippen molar-refractivity contribution in [1.82, 2.24) is 9.47 Å². The molecule has 2 aliphatic heterocycles. The minimum absolute atomic E-state index is 0.0123. The van der Waals surface area contributed by atoms with Gasteiger partial charge < -0.3 is 15.0 Å². The molecule has 27 heavy (non-hydrogen) atoms. The molecule has 1 spiro atoms. The SMILES string of the molecule is Cn1cc(CN2CCC3(CC2)O[C@@H](C(N)=O)c2ccc(Cl)cc23)ccc1=O. The predicted octanol–water partition coefficient (Wildman–Crippen LogP) is 2.09. The first kappa shape index (κ1) is 18.2. The van der Waals surface area contributed by atoms with Gasteiger partial charge in [-0.2, -0.15) is 0 Å². The van der Waals surface area contributed by atoms with Gasteiger partial charge in [-0.25, -0.2) is 0 Å². The highest BCUT2D eigenvalue weighted by Gasteiger charge is 2.48. The van der Waals surface area contributed by atoms with E-state index in [1.54, 1.807) is 23.7 Å². The van der Waals surface area contributed by atoms with Gasteiger partial charge in [0.2, 0.25) is 5.56 Å². The number of carbonyl (C=O) groups excluding carboxylic acids is 1. The normalized spacial score (nSPS) is 21.3. The van der Waals surface area contributed by atoms with Gasteiger partial charge in [-0.15, -0.1) is 0 Å². The molecule has 1 fully saturated rings. The Balaban J connectivity index is 1.53. The average molecular weight is 388 g/mol. The second-order valence-corrected chi connectivity index (χ2v) is 7.83. The van der Waals surface area contributed by atoms with E-state index in [0.717, 1.165) is 49.2 Å². The minimum atomic E-state index is -0.715. The first-order valence-electron chi connectivity index (χ1n) is 9.03.